The number of halogens is 1. The van der Waals surface area contributed by atoms with E-state index in [-0.39, 0.29) is 0 Å². The molecule has 1 aromatic heterocycles. The Morgan fingerprint density at radius 2 is 2.17 bits per heavy atom. The molecule has 98 valence electrons. The van der Waals surface area contributed by atoms with Gasteiger partial charge in [0.15, 0.2) is 6.23 Å². The molecule has 2 heterocycles. The molecule has 0 radical (unpaired) electrons. The number of Topliss-reactive ketones (excluding diaryl/α,β-unsaturated/α-hetero) is 1. The summed E-state index contributed by atoms with van der Waals surface area (Å²) in [6, 6.07) is 1.07. The van der Waals surface area contributed by atoms with Crippen LogP contribution in [0.15, 0.2) is 21.9 Å². The van der Waals surface area contributed by atoms with Crippen molar-refractivity contribution in [2.24, 2.45) is 0 Å². The van der Waals surface area contributed by atoms with Gasteiger partial charge >= 0.3 is 5.69 Å². The number of aromatic nitrogens is 2. The molecule has 0 amide bonds. The molecule has 6 nitrogen and oxygen atoms in total. The van der Waals surface area contributed by atoms with Gasteiger partial charge in [0.1, 0.15) is 6.10 Å². The summed E-state index contributed by atoms with van der Waals surface area (Å²) in [5, 5.41) is 0. The number of H-pyrrole nitrogens is 1. The third-order valence-corrected chi connectivity index (χ3v) is 3.01. The molecule has 1 fully saturated rings. The third-order valence-electron chi connectivity index (χ3n) is 3.01. The molecule has 3 atom stereocenters. The van der Waals surface area contributed by atoms with Crippen molar-refractivity contribution in [3.05, 3.63) is 33.1 Å². The van der Waals surface area contributed by atoms with Crippen LogP contribution in [0.5, 0.6) is 0 Å². The van der Waals surface area contributed by atoms with Gasteiger partial charge in [-0.25, -0.2) is 9.18 Å². The van der Waals surface area contributed by atoms with Gasteiger partial charge in [-0.2, -0.15) is 0 Å². The minimum Gasteiger partial charge on any atom is -0.343 e. The van der Waals surface area contributed by atoms with Crippen molar-refractivity contribution in [1.29, 1.82) is 0 Å². The van der Waals surface area contributed by atoms with Crippen LogP contribution < -0.4 is 11.2 Å². The zero-order valence-corrected chi connectivity index (χ0v) is 9.97. The van der Waals surface area contributed by atoms with Crippen LogP contribution >= 0.6 is 0 Å². The van der Waals surface area contributed by atoms with E-state index in [1.165, 1.54) is 0 Å². The number of alkyl halides is 1. The molecule has 1 saturated heterocycles. The van der Waals surface area contributed by atoms with E-state index in [9.17, 15) is 18.8 Å². The van der Waals surface area contributed by atoms with E-state index in [0.717, 1.165) is 23.8 Å². The van der Waals surface area contributed by atoms with Crippen molar-refractivity contribution in [2.45, 2.75) is 38.3 Å². The molecule has 18 heavy (non-hydrogen) atoms. The number of hydrogen-bond donors (Lipinski definition) is 1. The predicted molar refractivity (Wildman–Crippen MR) is 60.0 cm³/mol. The molecule has 0 bridgehead atoms. The first-order valence-electron chi connectivity index (χ1n) is 5.58. The number of aromatic amines is 1. The molecule has 0 unspecified atom stereocenters. The van der Waals surface area contributed by atoms with Gasteiger partial charge < -0.3 is 4.74 Å². The van der Waals surface area contributed by atoms with Gasteiger partial charge in [-0.05, 0) is 13.3 Å². The van der Waals surface area contributed by atoms with Crippen LogP contribution in [0, 0.1) is 0 Å². The molecule has 7 heteroatoms. The maximum Gasteiger partial charge on any atom is 0.330 e. The Hall–Kier alpha value is -1.76. The summed E-state index contributed by atoms with van der Waals surface area (Å²) < 4.78 is 20.5. The monoisotopic (exact) mass is 256 g/mol. The lowest BCUT2D eigenvalue weighted by Gasteiger charge is -2.21. The van der Waals surface area contributed by atoms with Crippen molar-refractivity contribution >= 4 is 5.78 Å². The third kappa shape index (κ3) is 1.80. The lowest BCUT2D eigenvalue weighted by atomic mass is 9.99. The van der Waals surface area contributed by atoms with Gasteiger partial charge in [-0.15, -0.1) is 0 Å². The second-order valence-electron chi connectivity index (χ2n) is 4.34. The number of rotatable bonds is 2. The summed E-state index contributed by atoms with van der Waals surface area (Å²) in [7, 11) is 0. The van der Waals surface area contributed by atoms with E-state index < -0.39 is 35.0 Å². The highest BCUT2D eigenvalue weighted by Gasteiger charge is 2.54. The van der Waals surface area contributed by atoms with Crippen molar-refractivity contribution < 1.29 is 13.9 Å². The summed E-state index contributed by atoms with van der Waals surface area (Å²) >= 11 is 0. The minimum atomic E-state index is -2.29. The summed E-state index contributed by atoms with van der Waals surface area (Å²) in [5.41, 5.74) is -3.68. The van der Waals surface area contributed by atoms with Crippen LogP contribution in [0.4, 0.5) is 4.39 Å². The zero-order chi connectivity index (χ0) is 13.5. The average molecular weight is 256 g/mol. The van der Waals surface area contributed by atoms with Crippen LogP contribution in [0.3, 0.4) is 0 Å². The van der Waals surface area contributed by atoms with E-state index in [1.54, 1.807) is 6.92 Å². The number of ether oxygens (including phenoxy) is 1. The van der Waals surface area contributed by atoms with E-state index in [1.807, 2.05) is 4.98 Å². The summed E-state index contributed by atoms with van der Waals surface area (Å²) in [4.78, 5) is 36.2. The number of hydrogen-bond acceptors (Lipinski definition) is 4. The maximum absolute atomic E-state index is 14.3. The van der Waals surface area contributed by atoms with E-state index in [4.69, 9.17) is 4.74 Å². The van der Waals surface area contributed by atoms with E-state index in [2.05, 4.69) is 0 Å². The van der Waals surface area contributed by atoms with Crippen LogP contribution in [0.25, 0.3) is 0 Å². The predicted octanol–water partition coefficient (Wildman–Crippen LogP) is 0.141. The van der Waals surface area contributed by atoms with Gasteiger partial charge in [-0.3, -0.25) is 19.1 Å². The summed E-state index contributed by atoms with van der Waals surface area (Å²) in [6.07, 6.45) is -0.773. The molecule has 0 aromatic carbocycles. The quantitative estimate of drug-likeness (QED) is 0.816. The smallest absolute Gasteiger partial charge is 0.330 e. The second-order valence-corrected chi connectivity index (χ2v) is 4.34. The fourth-order valence-corrected chi connectivity index (χ4v) is 2.00. The van der Waals surface area contributed by atoms with Crippen molar-refractivity contribution in [3.8, 4) is 0 Å². The largest absolute Gasteiger partial charge is 0.343 e. The topological polar surface area (TPSA) is 81.2 Å². The lowest BCUT2D eigenvalue weighted by Crippen LogP contribution is -2.41. The second kappa shape index (κ2) is 4.16. The first kappa shape index (κ1) is 12.7. The van der Waals surface area contributed by atoms with Gasteiger partial charge in [0, 0.05) is 12.3 Å². The van der Waals surface area contributed by atoms with Gasteiger partial charge in [0.2, 0.25) is 11.5 Å². The molecule has 0 aliphatic carbocycles. The van der Waals surface area contributed by atoms with Gasteiger partial charge in [0.05, 0.1) is 0 Å². The number of nitrogens with zero attached hydrogens (tertiary/aromatic N) is 1. The number of carbonyl (C=O) groups is 1. The molecular formula is C11H13FN2O4. The molecule has 1 aliphatic rings. The molecule has 0 saturated carbocycles. The van der Waals surface area contributed by atoms with Crippen molar-refractivity contribution in [3.63, 3.8) is 0 Å². The number of carbonyl (C=O) groups excluding carboxylic acids is 1. The Morgan fingerprint density at radius 1 is 1.50 bits per heavy atom. The van der Waals surface area contributed by atoms with Gasteiger partial charge in [0.25, 0.3) is 5.56 Å². The minimum absolute atomic E-state index is 0.326. The van der Waals surface area contributed by atoms with Gasteiger partial charge in [-0.1, -0.05) is 6.92 Å². The van der Waals surface area contributed by atoms with Crippen LogP contribution in [-0.2, 0) is 9.53 Å². The lowest BCUT2D eigenvalue weighted by molar-refractivity contribution is -0.129. The average Bonchev–Trinajstić information content (AvgIpc) is 2.52. The Bertz CT molecular complexity index is 589. The highest BCUT2D eigenvalue weighted by molar-refractivity contribution is 5.92. The molecule has 2 rings (SSSR count). The van der Waals surface area contributed by atoms with Crippen LogP contribution in [-0.4, -0.2) is 27.1 Å². The van der Waals surface area contributed by atoms with E-state index in [0.29, 0.717) is 6.42 Å². The number of nitrogens with one attached hydrogen (secondary N) is 1. The normalized spacial score (nSPS) is 31.8. The summed E-state index contributed by atoms with van der Waals surface area (Å²) in [5.74, 6) is -0.687. The standard InChI is InChI=1S/C11H13FN2O4/c1-3-6-8(16)11(2,12)9(18-6)14-5-4-7(15)13-10(14)17/h4-6,9H,3H2,1-2H3,(H,13,15,17)/t6-,9-,11-/m1/s1. The molecule has 1 aromatic rings. The van der Waals surface area contributed by atoms with Crippen LogP contribution in [0.1, 0.15) is 26.5 Å². The zero-order valence-electron chi connectivity index (χ0n) is 9.97. The molecule has 0 spiro atoms. The Balaban J connectivity index is 2.48. The van der Waals surface area contributed by atoms with Crippen molar-refractivity contribution in [1.82, 2.24) is 9.55 Å². The SMILES string of the molecule is CC[C@H]1O[C@@H](n2ccc(=O)[nH]c2=O)[C@](C)(F)C1=O. The Labute approximate surface area is 101 Å². The highest BCUT2D eigenvalue weighted by atomic mass is 19.1. The fourth-order valence-electron chi connectivity index (χ4n) is 2.00. The molecule has 1 N–H and O–H groups in total. The summed E-state index contributed by atoms with van der Waals surface area (Å²) in [6.45, 7) is 2.77. The first-order chi connectivity index (χ1) is 8.37. The molecular weight excluding hydrogens is 243 g/mol. The Morgan fingerprint density at radius 3 is 2.67 bits per heavy atom. The number of ketones is 1. The highest BCUT2D eigenvalue weighted by Crippen LogP contribution is 2.38. The van der Waals surface area contributed by atoms with Crippen LogP contribution in [0.2, 0.25) is 0 Å². The first-order valence-corrected chi connectivity index (χ1v) is 5.58. The maximum atomic E-state index is 14.3. The van der Waals surface area contributed by atoms with Crippen molar-refractivity contribution in [2.75, 3.05) is 0 Å². The van der Waals surface area contributed by atoms with E-state index >= 15 is 0 Å². The Kier molecular flexibility index (Phi) is 2.94. The fraction of sp³-hybridized carbons (Fsp3) is 0.545. The molecule has 1 aliphatic heterocycles.